The van der Waals surface area contributed by atoms with Crippen LogP contribution < -0.4 is 0 Å². The number of aromatic nitrogens is 1. The molecule has 0 amide bonds. The molecule has 1 rings (SSSR count). The summed E-state index contributed by atoms with van der Waals surface area (Å²) >= 11 is 0. The second-order valence-corrected chi connectivity index (χ2v) is 4.27. The smallest absolute Gasteiger partial charge is 0.0698 e. The van der Waals surface area contributed by atoms with E-state index < -0.39 is 0 Å². The van der Waals surface area contributed by atoms with Gasteiger partial charge in [-0.15, -0.1) is 0 Å². The van der Waals surface area contributed by atoms with E-state index in [1.54, 1.807) is 6.20 Å². The number of nitrogens with zero attached hydrogens (tertiary/aromatic N) is 2. The summed E-state index contributed by atoms with van der Waals surface area (Å²) in [6.07, 6.45) is 1.78. The second kappa shape index (κ2) is 11.7. The Morgan fingerprint density at radius 1 is 0.950 bits per heavy atom. The number of hydrogen-bond donors (Lipinski definition) is 2. The minimum Gasteiger partial charge on any atom is -0.394 e. The van der Waals surface area contributed by atoms with Crippen LogP contribution in [0.4, 0.5) is 0 Å². The summed E-state index contributed by atoms with van der Waals surface area (Å²) < 4.78 is 10.6. The molecule has 0 aliphatic heterocycles. The van der Waals surface area contributed by atoms with Crippen molar-refractivity contribution in [1.29, 1.82) is 0 Å². The van der Waals surface area contributed by atoms with Gasteiger partial charge in [0.2, 0.25) is 0 Å². The van der Waals surface area contributed by atoms with Crippen LogP contribution in [0, 0.1) is 0 Å². The summed E-state index contributed by atoms with van der Waals surface area (Å²) in [5.41, 5.74) is 0.997. The molecule has 0 fully saturated rings. The highest BCUT2D eigenvalue weighted by atomic mass is 16.5. The van der Waals surface area contributed by atoms with E-state index in [-0.39, 0.29) is 13.2 Å². The van der Waals surface area contributed by atoms with Gasteiger partial charge in [0.25, 0.3) is 0 Å². The van der Waals surface area contributed by atoms with Crippen LogP contribution in [0.5, 0.6) is 0 Å². The van der Waals surface area contributed by atoms with E-state index in [9.17, 15) is 0 Å². The van der Waals surface area contributed by atoms with Crippen molar-refractivity contribution < 1.29 is 19.7 Å². The Kier molecular flexibility index (Phi) is 9.99. The van der Waals surface area contributed by atoms with Crippen LogP contribution in [-0.2, 0) is 16.0 Å². The molecule has 1 heterocycles. The molecule has 0 saturated heterocycles. The Morgan fingerprint density at radius 2 is 1.60 bits per heavy atom. The van der Waals surface area contributed by atoms with Crippen molar-refractivity contribution in [2.24, 2.45) is 0 Å². The number of aliphatic hydroxyl groups excluding tert-OH is 2. The Morgan fingerprint density at radius 3 is 2.10 bits per heavy atom. The monoisotopic (exact) mass is 284 g/mol. The quantitative estimate of drug-likeness (QED) is 0.522. The fraction of sp³-hybridized carbons (Fsp3) is 0.643. The molecule has 0 atom stereocenters. The molecule has 0 aliphatic carbocycles. The van der Waals surface area contributed by atoms with Gasteiger partial charge in [-0.3, -0.25) is 9.88 Å². The summed E-state index contributed by atoms with van der Waals surface area (Å²) in [5.74, 6) is 0. The van der Waals surface area contributed by atoms with Crippen LogP contribution in [0.2, 0.25) is 0 Å². The van der Waals surface area contributed by atoms with Crippen molar-refractivity contribution in [1.82, 2.24) is 9.88 Å². The van der Waals surface area contributed by atoms with Gasteiger partial charge >= 0.3 is 0 Å². The van der Waals surface area contributed by atoms with E-state index in [1.807, 2.05) is 18.2 Å². The first-order valence-electron chi connectivity index (χ1n) is 6.86. The van der Waals surface area contributed by atoms with Gasteiger partial charge in [-0.25, -0.2) is 0 Å². The van der Waals surface area contributed by atoms with Gasteiger partial charge in [0.15, 0.2) is 0 Å². The SMILES string of the molecule is OCCOCCN(CCOCCO)Cc1ccccn1. The lowest BCUT2D eigenvalue weighted by Gasteiger charge is -2.21. The molecule has 0 saturated carbocycles. The first-order valence-corrected chi connectivity index (χ1v) is 6.86. The molecule has 6 nitrogen and oxygen atoms in total. The third kappa shape index (κ3) is 8.19. The number of hydrogen-bond acceptors (Lipinski definition) is 6. The van der Waals surface area contributed by atoms with Crippen molar-refractivity contribution in [3.63, 3.8) is 0 Å². The number of aliphatic hydroxyl groups is 2. The summed E-state index contributed by atoms with van der Waals surface area (Å²) in [6.45, 7) is 4.15. The average molecular weight is 284 g/mol. The Bertz CT molecular complexity index is 312. The van der Waals surface area contributed by atoms with Crippen molar-refractivity contribution >= 4 is 0 Å². The zero-order chi connectivity index (χ0) is 14.5. The molecular formula is C14H24N2O4. The maximum absolute atomic E-state index is 8.67. The average Bonchev–Trinajstić information content (AvgIpc) is 2.49. The summed E-state index contributed by atoms with van der Waals surface area (Å²) in [6, 6.07) is 5.84. The standard InChI is InChI=1S/C14H24N2O4/c17-7-11-19-9-5-16(6-10-20-12-8-18)13-14-3-1-2-4-15-14/h1-4,17-18H,5-13H2. The number of ether oxygens (including phenoxy) is 2. The van der Waals surface area contributed by atoms with Crippen LogP contribution in [0.15, 0.2) is 24.4 Å². The molecule has 1 aromatic heterocycles. The van der Waals surface area contributed by atoms with Crippen molar-refractivity contribution in [2.75, 3.05) is 52.7 Å². The van der Waals surface area contributed by atoms with Crippen LogP contribution >= 0.6 is 0 Å². The molecule has 0 aromatic carbocycles. The van der Waals surface area contributed by atoms with Crippen LogP contribution in [0.1, 0.15) is 5.69 Å². The molecular weight excluding hydrogens is 260 g/mol. The fourth-order valence-corrected chi connectivity index (χ4v) is 1.71. The molecule has 114 valence electrons. The normalized spacial score (nSPS) is 11.2. The van der Waals surface area contributed by atoms with Crippen molar-refractivity contribution in [3.8, 4) is 0 Å². The van der Waals surface area contributed by atoms with E-state index in [4.69, 9.17) is 19.7 Å². The summed E-state index contributed by atoms with van der Waals surface area (Å²) in [7, 11) is 0. The number of pyridine rings is 1. The molecule has 0 aliphatic rings. The minimum atomic E-state index is 0.0415. The first kappa shape index (κ1) is 17.0. The van der Waals surface area contributed by atoms with Gasteiger partial charge in [-0.2, -0.15) is 0 Å². The van der Waals surface area contributed by atoms with Gasteiger partial charge in [0.1, 0.15) is 0 Å². The Balaban J connectivity index is 2.33. The molecule has 0 spiro atoms. The molecule has 0 radical (unpaired) electrons. The largest absolute Gasteiger partial charge is 0.394 e. The maximum atomic E-state index is 8.67. The summed E-state index contributed by atoms with van der Waals surface area (Å²) in [4.78, 5) is 6.48. The van der Waals surface area contributed by atoms with Gasteiger partial charge in [0.05, 0.1) is 45.3 Å². The summed E-state index contributed by atoms with van der Waals surface area (Å²) in [5, 5.41) is 17.3. The van der Waals surface area contributed by atoms with Crippen molar-refractivity contribution in [2.45, 2.75) is 6.54 Å². The highest BCUT2D eigenvalue weighted by molar-refractivity contribution is 5.03. The van der Waals surface area contributed by atoms with E-state index in [0.717, 1.165) is 25.3 Å². The van der Waals surface area contributed by atoms with Gasteiger partial charge < -0.3 is 19.7 Å². The van der Waals surface area contributed by atoms with Crippen LogP contribution in [0.3, 0.4) is 0 Å². The highest BCUT2D eigenvalue weighted by Crippen LogP contribution is 2.01. The van der Waals surface area contributed by atoms with Gasteiger partial charge in [-0.05, 0) is 12.1 Å². The zero-order valence-electron chi connectivity index (χ0n) is 11.8. The predicted octanol–water partition coefficient (Wildman–Crippen LogP) is -0.0986. The molecule has 20 heavy (non-hydrogen) atoms. The predicted molar refractivity (Wildman–Crippen MR) is 75.3 cm³/mol. The highest BCUT2D eigenvalue weighted by Gasteiger charge is 2.06. The topological polar surface area (TPSA) is 75.1 Å². The van der Waals surface area contributed by atoms with Crippen LogP contribution in [-0.4, -0.2) is 72.8 Å². The van der Waals surface area contributed by atoms with E-state index in [2.05, 4.69) is 9.88 Å². The van der Waals surface area contributed by atoms with Gasteiger partial charge in [0, 0.05) is 25.8 Å². The zero-order valence-corrected chi connectivity index (χ0v) is 11.8. The molecule has 0 unspecified atom stereocenters. The Hall–Kier alpha value is -1.05. The molecule has 6 heteroatoms. The first-order chi connectivity index (χ1) is 9.86. The van der Waals surface area contributed by atoms with E-state index in [1.165, 1.54) is 0 Å². The Labute approximate surface area is 120 Å². The lowest BCUT2D eigenvalue weighted by Crippen LogP contribution is -2.31. The minimum absolute atomic E-state index is 0.0415. The number of rotatable bonds is 12. The molecule has 2 N–H and O–H groups in total. The van der Waals surface area contributed by atoms with Crippen molar-refractivity contribution in [3.05, 3.63) is 30.1 Å². The van der Waals surface area contributed by atoms with E-state index >= 15 is 0 Å². The third-order valence-electron chi connectivity index (χ3n) is 2.69. The lowest BCUT2D eigenvalue weighted by molar-refractivity contribution is 0.0483. The fourth-order valence-electron chi connectivity index (χ4n) is 1.71. The maximum Gasteiger partial charge on any atom is 0.0698 e. The van der Waals surface area contributed by atoms with E-state index in [0.29, 0.717) is 26.4 Å². The van der Waals surface area contributed by atoms with Gasteiger partial charge in [-0.1, -0.05) is 6.07 Å². The molecule has 0 bridgehead atoms. The van der Waals surface area contributed by atoms with Crippen LogP contribution in [0.25, 0.3) is 0 Å². The molecule has 1 aromatic rings. The lowest BCUT2D eigenvalue weighted by atomic mass is 10.3. The third-order valence-corrected chi connectivity index (χ3v) is 2.69. The second-order valence-electron chi connectivity index (χ2n) is 4.27.